The number of carbonyl (C=O) groups is 1. The van der Waals surface area contributed by atoms with Gasteiger partial charge in [0, 0.05) is 11.1 Å². The highest BCUT2D eigenvalue weighted by Crippen LogP contribution is 2.31. The van der Waals surface area contributed by atoms with E-state index in [0.29, 0.717) is 32.8 Å². The van der Waals surface area contributed by atoms with Gasteiger partial charge in [-0.05, 0) is 25.5 Å². The standard InChI is InChI=1S/C14H13ClN4O2S/c1-7-4-10(11(21-3)5-9(7)15)18-13(20)12-8(2)17-14-19(12)16-6-22-14/h4-6H,1-3H3,(H,18,20). The molecule has 0 radical (unpaired) electrons. The molecule has 0 atom stereocenters. The first kappa shape index (κ1) is 14.8. The molecule has 0 saturated carbocycles. The molecule has 1 amide bonds. The molecule has 1 N–H and O–H groups in total. The third-order valence-electron chi connectivity index (χ3n) is 3.26. The quantitative estimate of drug-likeness (QED) is 0.796. The third-order valence-corrected chi connectivity index (χ3v) is 4.35. The second-order valence-electron chi connectivity index (χ2n) is 4.73. The zero-order chi connectivity index (χ0) is 15.9. The Hall–Kier alpha value is -2.12. The molecule has 0 aliphatic rings. The molecular formula is C14H13ClN4O2S. The Balaban J connectivity index is 1.99. The van der Waals surface area contributed by atoms with Gasteiger partial charge in [-0.15, -0.1) is 0 Å². The summed E-state index contributed by atoms with van der Waals surface area (Å²) in [5, 5.41) is 7.55. The number of hydrogen-bond acceptors (Lipinski definition) is 5. The Kier molecular flexibility index (Phi) is 3.76. The zero-order valence-corrected chi connectivity index (χ0v) is 13.7. The molecule has 3 aromatic rings. The Morgan fingerprint density at radius 2 is 2.18 bits per heavy atom. The summed E-state index contributed by atoms with van der Waals surface area (Å²) in [6.45, 7) is 3.64. The van der Waals surface area contributed by atoms with Gasteiger partial charge in [0.05, 0.1) is 18.5 Å². The first-order chi connectivity index (χ1) is 10.5. The highest BCUT2D eigenvalue weighted by Gasteiger charge is 2.20. The number of imidazole rings is 1. The molecule has 0 bridgehead atoms. The highest BCUT2D eigenvalue weighted by molar-refractivity contribution is 7.14. The van der Waals surface area contributed by atoms with Crippen LogP contribution < -0.4 is 10.1 Å². The third kappa shape index (κ3) is 2.42. The molecule has 0 unspecified atom stereocenters. The minimum Gasteiger partial charge on any atom is -0.495 e. The average molecular weight is 337 g/mol. The second-order valence-corrected chi connectivity index (χ2v) is 5.95. The van der Waals surface area contributed by atoms with Gasteiger partial charge in [0.2, 0.25) is 4.96 Å². The van der Waals surface area contributed by atoms with Crippen molar-refractivity contribution in [2.24, 2.45) is 0 Å². The van der Waals surface area contributed by atoms with E-state index in [1.165, 1.54) is 23.0 Å². The van der Waals surface area contributed by atoms with E-state index >= 15 is 0 Å². The summed E-state index contributed by atoms with van der Waals surface area (Å²) in [6.07, 6.45) is 0. The van der Waals surface area contributed by atoms with Crippen molar-refractivity contribution < 1.29 is 9.53 Å². The largest absolute Gasteiger partial charge is 0.495 e. The maximum Gasteiger partial charge on any atom is 0.276 e. The molecule has 0 aliphatic heterocycles. The number of ether oxygens (including phenoxy) is 1. The van der Waals surface area contributed by atoms with E-state index < -0.39 is 0 Å². The van der Waals surface area contributed by atoms with Crippen molar-refractivity contribution in [2.45, 2.75) is 13.8 Å². The van der Waals surface area contributed by atoms with Crippen molar-refractivity contribution in [3.63, 3.8) is 0 Å². The van der Waals surface area contributed by atoms with E-state index in [9.17, 15) is 4.79 Å². The van der Waals surface area contributed by atoms with Crippen LogP contribution in [0.4, 0.5) is 5.69 Å². The van der Waals surface area contributed by atoms with E-state index in [-0.39, 0.29) is 5.91 Å². The van der Waals surface area contributed by atoms with Crippen LogP contribution in [0.25, 0.3) is 4.96 Å². The van der Waals surface area contributed by atoms with Crippen LogP contribution >= 0.6 is 22.9 Å². The van der Waals surface area contributed by atoms with E-state index in [2.05, 4.69) is 15.4 Å². The van der Waals surface area contributed by atoms with E-state index in [1.54, 1.807) is 24.6 Å². The Labute approximate surface area is 135 Å². The SMILES string of the molecule is COc1cc(Cl)c(C)cc1NC(=O)c1c(C)nc2scnn12. The molecule has 3 rings (SSSR count). The lowest BCUT2D eigenvalue weighted by Gasteiger charge is -2.12. The van der Waals surface area contributed by atoms with Crippen molar-refractivity contribution in [3.05, 3.63) is 39.6 Å². The van der Waals surface area contributed by atoms with Gasteiger partial charge >= 0.3 is 0 Å². The van der Waals surface area contributed by atoms with Gasteiger partial charge in [0.15, 0.2) is 5.69 Å². The molecule has 8 heteroatoms. The maximum atomic E-state index is 12.6. The molecule has 0 fully saturated rings. The van der Waals surface area contributed by atoms with E-state index in [0.717, 1.165) is 5.56 Å². The number of benzene rings is 1. The second kappa shape index (κ2) is 5.58. The number of carbonyl (C=O) groups excluding carboxylic acids is 1. The van der Waals surface area contributed by atoms with Crippen molar-refractivity contribution in [1.29, 1.82) is 0 Å². The minimum absolute atomic E-state index is 0.295. The van der Waals surface area contributed by atoms with Crippen LogP contribution in [0, 0.1) is 13.8 Å². The summed E-state index contributed by atoms with van der Waals surface area (Å²) in [7, 11) is 1.53. The first-order valence-corrected chi connectivity index (χ1v) is 7.71. The van der Waals surface area contributed by atoms with Crippen LogP contribution in [0.2, 0.25) is 5.02 Å². The minimum atomic E-state index is -0.295. The summed E-state index contributed by atoms with van der Waals surface area (Å²) in [5.41, 5.74) is 4.08. The molecular weight excluding hydrogens is 324 g/mol. The monoisotopic (exact) mass is 336 g/mol. The summed E-state index contributed by atoms with van der Waals surface area (Å²) >= 11 is 7.45. The first-order valence-electron chi connectivity index (χ1n) is 6.45. The van der Waals surface area contributed by atoms with Crippen LogP contribution in [0.1, 0.15) is 21.7 Å². The number of hydrogen-bond donors (Lipinski definition) is 1. The summed E-state index contributed by atoms with van der Waals surface area (Å²) in [5.74, 6) is 0.205. The number of anilines is 1. The molecule has 114 valence electrons. The van der Waals surface area contributed by atoms with Crippen LogP contribution in [0.3, 0.4) is 0 Å². The number of fused-ring (bicyclic) bond motifs is 1. The molecule has 0 saturated heterocycles. The summed E-state index contributed by atoms with van der Waals surface area (Å²) in [6, 6.07) is 3.45. The number of aryl methyl sites for hydroxylation is 2. The van der Waals surface area contributed by atoms with Crippen molar-refractivity contribution in [1.82, 2.24) is 14.6 Å². The lowest BCUT2D eigenvalue weighted by molar-refractivity contribution is 0.101. The number of amides is 1. The number of aromatic nitrogens is 3. The number of nitrogens with zero attached hydrogens (tertiary/aromatic N) is 3. The topological polar surface area (TPSA) is 68.5 Å². The van der Waals surface area contributed by atoms with Gasteiger partial charge in [0.25, 0.3) is 5.91 Å². The van der Waals surface area contributed by atoms with Gasteiger partial charge < -0.3 is 10.1 Å². The van der Waals surface area contributed by atoms with Gasteiger partial charge in [-0.3, -0.25) is 4.79 Å². The maximum absolute atomic E-state index is 12.6. The van der Waals surface area contributed by atoms with Gasteiger partial charge in [-0.25, -0.2) is 4.98 Å². The fourth-order valence-corrected chi connectivity index (χ4v) is 2.98. The molecule has 2 heterocycles. The Bertz CT molecular complexity index is 871. The predicted octanol–water partition coefficient (Wildman–Crippen LogP) is 3.32. The molecule has 0 spiro atoms. The Morgan fingerprint density at radius 1 is 1.41 bits per heavy atom. The van der Waals surface area contributed by atoms with E-state index in [1.807, 2.05) is 6.92 Å². The van der Waals surface area contributed by atoms with Crippen molar-refractivity contribution in [3.8, 4) is 5.75 Å². The lowest BCUT2D eigenvalue weighted by atomic mass is 10.2. The number of nitrogens with one attached hydrogen (secondary N) is 1. The van der Waals surface area contributed by atoms with Gasteiger partial charge in [-0.2, -0.15) is 9.61 Å². The van der Waals surface area contributed by atoms with Crippen LogP contribution in [-0.4, -0.2) is 27.6 Å². The van der Waals surface area contributed by atoms with Crippen LogP contribution in [0.15, 0.2) is 17.6 Å². The smallest absolute Gasteiger partial charge is 0.276 e. The van der Waals surface area contributed by atoms with Gasteiger partial charge in [0.1, 0.15) is 11.3 Å². The molecule has 22 heavy (non-hydrogen) atoms. The number of methoxy groups -OCH3 is 1. The molecule has 0 aliphatic carbocycles. The Morgan fingerprint density at radius 3 is 2.91 bits per heavy atom. The molecule has 1 aromatic carbocycles. The lowest BCUT2D eigenvalue weighted by Crippen LogP contribution is -2.16. The van der Waals surface area contributed by atoms with Crippen molar-refractivity contribution >= 4 is 39.5 Å². The highest BCUT2D eigenvalue weighted by atomic mass is 35.5. The number of halogens is 1. The fourth-order valence-electron chi connectivity index (χ4n) is 2.17. The summed E-state index contributed by atoms with van der Waals surface area (Å²) in [4.78, 5) is 17.6. The average Bonchev–Trinajstić information content (AvgIpc) is 3.02. The fraction of sp³-hybridized carbons (Fsp3) is 0.214. The van der Waals surface area contributed by atoms with Crippen LogP contribution in [0.5, 0.6) is 5.75 Å². The number of rotatable bonds is 3. The zero-order valence-electron chi connectivity index (χ0n) is 12.2. The summed E-state index contributed by atoms with van der Waals surface area (Å²) < 4.78 is 6.80. The van der Waals surface area contributed by atoms with E-state index in [4.69, 9.17) is 16.3 Å². The molecule has 2 aromatic heterocycles. The van der Waals surface area contributed by atoms with Crippen LogP contribution in [-0.2, 0) is 0 Å². The van der Waals surface area contributed by atoms with Gasteiger partial charge in [-0.1, -0.05) is 22.9 Å². The van der Waals surface area contributed by atoms with Crippen molar-refractivity contribution in [2.75, 3.05) is 12.4 Å². The molecule has 6 nitrogen and oxygen atoms in total. The normalized spacial score (nSPS) is 10.9. The predicted molar refractivity (Wildman–Crippen MR) is 86.3 cm³/mol.